The Kier molecular flexibility index (Phi) is 4.52. The standard InChI is InChI=1S/C14H19NO4/c1-18-13(16)12-4-2-11(3-5-12)8-15-9-14(17)6-7-19-10-14/h2-5,15,17H,6-10H2,1H3. The fourth-order valence-corrected chi connectivity index (χ4v) is 2.05. The van der Waals surface area contributed by atoms with Gasteiger partial charge < -0.3 is 19.9 Å². The van der Waals surface area contributed by atoms with E-state index in [4.69, 9.17) is 4.74 Å². The molecule has 19 heavy (non-hydrogen) atoms. The maximum absolute atomic E-state index is 11.3. The zero-order chi connectivity index (χ0) is 13.7. The van der Waals surface area contributed by atoms with Crippen LogP contribution in [0.25, 0.3) is 0 Å². The van der Waals surface area contributed by atoms with E-state index in [0.717, 1.165) is 5.56 Å². The van der Waals surface area contributed by atoms with Gasteiger partial charge in [-0.1, -0.05) is 12.1 Å². The molecule has 1 unspecified atom stereocenters. The van der Waals surface area contributed by atoms with Crippen LogP contribution in [-0.4, -0.2) is 43.5 Å². The van der Waals surface area contributed by atoms with Crippen molar-refractivity contribution in [3.63, 3.8) is 0 Å². The van der Waals surface area contributed by atoms with Crippen LogP contribution in [0.2, 0.25) is 0 Å². The predicted molar refractivity (Wildman–Crippen MR) is 69.9 cm³/mol. The van der Waals surface area contributed by atoms with Gasteiger partial charge in [0, 0.05) is 26.1 Å². The van der Waals surface area contributed by atoms with Crippen molar-refractivity contribution in [3.05, 3.63) is 35.4 Å². The molecular weight excluding hydrogens is 246 g/mol. The number of rotatable bonds is 5. The van der Waals surface area contributed by atoms with Gasteiger partial charge in [-0.15, -0.1) is 0 Å². The number of aliphatic hydroxyl groups is 1. The van der Waals surface area contributed by atoms with Gasteiger partial charge >= 0.3 is 5.97 Å². The van der Waals surface area contributed by atoms with E-state index >= 15 is 0 Å². The van der Waals surface area contributed by atoms with Gasteiger partial charge in [0.05, 0.1) is 19.3 Å². The van der Waals surface area contributed by atoms with E-state index in [9.17, 15) is 9.90 Å². The van der Waals surface area contributed by atoms with E-state index < -0.39 is 5.60 Å². The third-order valence-electron chi connectivity index (χ3n) is 3.24. The molecule has 1 heterocycles. The van der Waals surface area contributed by atoms with Crippen molar-refractivity contribution < 1.29 is 19.4 Å². The maximum atomic E-state index is 11.3. The van der Waals surface area contributed by atoms with Gasteiger partial charge in [0.1, 0.15) is 5.60 Å². The molecule has 1 atom stereocenters. The van der Waals surface area contributed by atoms with E-state index in [1.165, 1.54) is 7.11 Å². The van der Waals surface area contributed by atoms with Gasteiger partial charge in [-0.2, -0.15) is 0 Å². The minimum atomic E-state index is -0.744. The summed E-state index contributed by atoms with van der Waals surface area (Å²) >= 11 is 0. The van der Waals surface area contributed by atoms with Crippen LogP contribution in [0.4, 0.5) is 0 Å². The van der Waals surface area contributed by atoms with E-state index in [1.807, 2.05) is 12.1 Å². The molecule has 0 spiro atoms. The number of nitrogens with one attached hydrogen (secondary N) is 1. The molecule has 1 aromatic rings. The molecule has 1 aromatic carbocycles. The number of methoxy groups -OCH3 is 1. The molecule has 1 aliphatic heterocycles. The highest BCUT2D eigenvalue weighted by molar-refractivity contribution is 5.89. The zero-order valence-corrected chi connectivity index (χ0v) is 11.0. The highest BCUT2D eigenvalue weighted by atomic mass is 16.5. The van der Waals surface area contributed by atoms with Crippen LogP contribution < -0.4 is 5.32 Å². The number of esters is 1. The molecule has 0 bridgehead atoms. The highest BCUT2D eigenvalue weighted by Crippen LogP contribution is 2.17. The van der Waals surface area contributed by atoms with Crippen molar-refractivity contribution in [2.24, 2.45) is 0 Å². The van der Waals surface area contributed by atoms with Gasteiger partial charge in [0.25, 0.3) is 0 Å². The lowest BCUT2D eigenvalue weighted by Crippen LogP contribution is -2.40. The first-order valence-electron chi connectivity index (χ1n) is 6.31. The summed E-state index contributed by atoms with van der Waals surface area (Å²) in [6.07, 6.45) is 0.668. The first kappa shape index (κ1) is 14.0. The number of carbonyl (C=O) groups is 1. The van der Waals surface area contributed by atoms with Crippen molar-refractivity contribution in [3.8, 4) is 0 Å². The molecule has 0 aliphatic carbocycles. The Balaban J connectivity index is 1.81. The maximum Gasteiger partial charge on any atom is 0.337 e. The van der Waals surface area contributed by atoms with Crippen LogP contribution in [-0.2, 0) is 16.0 Å². The molecule has 104 valence electrons. The summed E-state index contributed by atoms with van der Waals surface area (Å²) in [6, 6.07) is 7.20. The summed E-state index contributed by atoms with van der Waals surface area (Å²) in [6.45, 7) is 2.16. The third-order valence-corrected chi connectivity index (χ3v) is 3.24. The molecule has 5 heteroatoms. The van der Waals surface area contributed by atoms with Crippen molar-refractivity contribution in [1.29, 1.82) is 0 Å². The highest BCUT2D eigenvalue weighted by Gasteiger charge is 2.31. The van der Waals surface area contributed by atoms with Crippen LogP contribution in [0.5, 0.6) is 0 Å². The fraction of sp³-hybridized carbons (Fsp3) is 0.500. The Morgan fingerprint density at radius 1 is 1.47 bits per heavy atom. The van der Waals surface area contributed by atoms with Crippen molar-refractivity contribution >= 4 is 5.97 Å². The first-order chi connectivity index (χ1) is 9.13. The van der Waals surface area contributed by atoms with Gasteiger partial charge in [-0.25, -0.2) is 4.79 Å². The molecule has 1 fully saturated rings. The number of hydrogen-bond acceptors (Lipinski definition) is 5. The van der Waals surface area contributed by atoms with Crippen LogP contribution >= 0.6 is 0 Å². The summed E-state index contributed by atoms with van der Waals surface area (Å²) in [5.41, 5.74) is 0.843. The number of hydrogen-bond donors (Lipinski definition) is 2. The summed E-state index contributed by atoms with van der Waals surface area (Å²) < 4.78 is 9.81. The molecule has 0 saturated carbocycles. The summed E-state index contributed by atoms with van der Waals surface area (Å²) in [5, 5.41) is 13.3. The Bertz CT molecular complexity index is 424. The van der Waals surface area contributed by atoms with E-state index in [1.54, 1.807) is 12.1 Å². The van der Waals surface area contributed by atoms with E-state index in [-0.39, 0.29) is 5.97 Å². The minimum Gasteiger partial charge on any atom is -0.465 e. The lowest BCUT2D eigenvalue weighted by molar-refractivity contribution is 0.0268. The van der Waals surface area contributed by atoms with Crippen molar-refractivity contribution in [1.82, 2.24) is 5.32 Å². The molecule has 2 N–H and O–H groups in total. The second-order valence-corrected chi connectivity index (χ2v) is 4.82. The topological polar surface area (TPSA) is 67.8 Å². The smallest absolute Gasteiger partial charge is 0.337 e. The monoisotopic (exact) mass is 265 g/mol. The van der Waals surface area contributed by atoms with Gasteiger partial charge in [-0.05, 0) is 17.7 Å². The van der Waals surface area contributed by atoms with Crippen LogP contribution in [0, 0.1) is 0 Å². The Morgan fingerprint density at radius 2 is 2.21 bits per heavy atom. The Hall–Kier alpha value is -1.43. The summed E-state index contributed by atoms with van der Waals surface area (Å²) in [5.74, 6) is -0.336. The quantitative estimate of drug-likeness (QED) is 0.768. The van der Waals surface area contributed by atoms with Gasteiger partial charge in [-0.3, -0.25) is 0 Å². The van der Waals surface area contributed by atoms with Gasteiger partial charge in [0.2, 0.25) is 0 Å². The molecule has 2 rings (SSSR count). The normalized spacial score (nSPS) is 22.4. The van der Waals surface area contributed by atoms with Crippen molar-refractivity contribution in [2.45, 2.75) is 18.6 Å². The largest absolute Gasteiger partial charge is 0.465 e. The van der Waals surface area contributed by atoms with Crippen LogP contribution in [0.3, 0.4) is 0 Å². The molecule has 1 saturated heterocycles. The second kappa shape index (κ2) is 6.14. The summed E-state index contributed by atoms with van der Waals surface area (Å²) in [4.78, 5) is 11.3. The summed E-state index contributed by atoms with van der Waals surface area (Å²) in [7, 11) is 1.36. The fourth-order valence-electron chi connectivity index (χ4n) is 2.05. The lowest BCUT2D eigenvalue weighted by Gasteiger charge is -2.20. The zero-order valence-electron chi connectivity index (χ0n) is 11.0. The number of carbonyl (C=O) groups excluding carboxylic acids is 1. The average Bonchev–Trinajstić information content (AvgIpc) is 2.86. The van der Waals surface area contributed by atoms with Crippen molar-refractivity contribution in [2.75, 3.05) is 26.9 Å². The Labute approximate surface area is 112 Å². The molecule has 5 nitrogen and oxygen atoms in total. The minimum absolute atomic E-state index is 0.336. The van der Waals surface area contributed by atoms with Crippen LogP contribution in [0.1, 0.15) is 22.3 Å². The predicted octanol–water partition coefficient (Wildman–Crippen LogP) is 0.714. The number of ether oxygens (including phenoxy) is 2. The molecular formula is C14H19NO4. The van der Waals surface area contributed by atoms with E-state index in [0.29, 0.717) is 38.3 Å². The third kappa shape index (κ3) is 3.76. The number of benzene rings is 1. The molecule has 0 radical (unpaired) electrons. The molecule has 0 amide bonds. The molecule has 1 aliphatic rings. The lowest BCUT2D eigenvalue weighted by atomic mass is 10.0. The SMILES string of the molecule is COC(=O)c1ccc(CNCC2(O)CCOC2)cc1. The van der Waals surface area contributed by atoms with Gasteiger partial charge in [0.15, 0.2) is 0 Å². The molecule has 0 aromatic heterocycles. The second-order valence-electron chi connectivity index (χ2n) is 4.82. The average molecular weight is 265 g/mol. The first-order valence-corrected chi connectivity index (χ1v) is 6.31. The van der Waals surface area contributed by atoms with E-state index in [2.05, 4.69) is 10.1 Å². The Morgan fingerprint density at radius 3 is 2.79 bits per heavy atom. The van der Waals surface area contributed by atoms with Crippen LogP contribution in [0.15, 0.2) is 24.3 Å².